The van der Waals surface area contributed by atoms with Gasteiger partial charge in [-0.05, 0) is 50.4 Å². The number of carbonyl (C=O) groups is 1. The monoisotopic (exact) mass is 330 g/mol. The summed E-state index contributed by atoms with van der Waals surface area (Å²) < 4.78 is 19.4. The van der Waals surface area contributed by atoms with Crippen LogP contribution in [0.5, 0.6) is 5.75 Å². The topological polar surface area (TPSA) is 50.4 Å². The summed E-state index contributed by atoms with van der Waals surface area (Å²) in [6.07, 6.45) is 2.76. The summed E-state index contributed by atoms with van der Waals surface area (Å²) in [7, 11) is 1.80. The number of halogens is 2. The molecular formula is C16H24ClFN2O2. The lowest BCUT2D eigenvalue weighted by Crippen LogP contribution is -2.29. The van der Waals surface area contributed by atoms with Crippen LogP contribution in [0.1, 0.15) is 37.8 Å². The Morgan fingerprint density at radius 3 is 2.77 bits per heavy atom. The molecule has 1 amide bonds. The normalized spacial score (nSPS) is 14.9. The first-order chi connectivity index (χ1) is 10.1. The van der Waals surface area contributed by atoms with Gasteiger partial charge in [-0.15, -0.1) is 12.4 Å². The Hall–Kier alpha value is -1.33. The van der Waals surface area contributed by atoms with Gasteiger partial charge >= 0.3 is 0 Å². The maximum Gasteiger partial charge on any atom is 0.221 e. The van der Waals surface area contributed by atoms with E-state index in [1.165, 1.54) is 18.9 Å². The van der Waals surface area contributed by atoms with Crippen LogP contribution in [0.4, 0.5) is 4.39 Å². The van der Waals surface area contributed by atoms with Crippen molar-refractivity contribution in [1.82, 2.24) is 10.6 Å². The summed E-state index contributed by atoms with van der Waals surface area (Å²) in [6, 6.07) is 4.66. The molecule has 22 heavy (non-hydrogen) atoms. The lowest BCUT2D eigenvalue weighted by molar-refractivity contribution is -0.121. The van der Waals surface area contributed by atoms with Crippen LogP contribution in [0, 0.1) is 11.7 Å². The van der Waals surface area contributed by atoms with Crippen molar-refractivity contribution in [2.45, 2.75) is 32.2 Å². The summed E-state index contributed by atoms with van der Waals surface area (Å²) in [5.41, 5.74) is 0.740. The standard InChI is InChI=1S/C16H23FN2O2.ClH/c1-11(19-16(20)7-8-18-2)13-5-6-15(14(17)9-13)21-10-12-3-4-12;/h5-6,9,11-12,18H,3-4,7-8,10H2,1-2H3,(H,19,20);1H. The molecule has 2 rings (SSSR count). The van der Waals surface area contributed by atoms with Crippen molar-refractivity contribution in [2.24, 2.45) is 5.92 Å². The lowest BCUT2D eigenvalue weighted by atomic mass is 10.1. The number of rotatable bonds is 8. The highest BCUT2D eigenvalue weighted by Crippen LogP contribution is 2.30. The molecule has 1 atom stereocenters. The number of nitrogens with one attached hydrogen (secondary N) is 2. The second-order valence-corrected chi connectivity index (χ2v) is 5.59. The Morgan fingerprint density at radius 2 is 2.18 bits per heavy atom. The maximum atomic E-state index is 14.0. The quantitative estimate of drug-likeness (QED) is 0.770. The van der Waals surface area contributed by atoms with E-state index in [4.69, 9.17) is 4.74 Å². The minimum Gasteiger partial charge on any atom is -0.490 e. The van der Waals surface area contributed by atoms with E-state index in [0.29, 0.717) is 31.2 Å². The highest BCUT2D eigenvalue weighted by Gasteiger charge is 2.22. The van der Waals surface area contributed by atoms with E-state index in [-0.39, 0.29) is 30.2 Å². The Labute approximate surface area is 137 Å². The summed E-state index contributed by atoms with van der Waals surface area (Å²) >= 11 is 0. The number of hydrogen-bond acceptors (Lipinski definition) is 3. The minimum absolute atomic E-state index is 0. The lowest BCUT2D eigenvalue weighted by Gasteiger charge is -2.15. The average Bonchev–Trinajstić information content (AvgIpc) is 3.27. The van der Waals surface area contributed by atoms with Gasteiger partial charge in [-0.3, -0.25) is 4.79 Å². The second kappa shape index (κ2) is 8.96. The molecule has 124 valence electrons. The first-order valence-electron chi connectivity index (χ1n) is 7.46. The predicted octanol–water partition coefficient (Wildman–Crippen LogP) is 2.82. The van der Waals surface area contributed by atoms with Gasteiger partial charge in [-0.2, -0.15) is 0 Å². The molecule has 1 fully saturated rings. The van der Waals surface area contributed by atoms with Crippen molar-refractivity contribution in [1.29, 1.82) is 0 Å². The highest BCUT2D eigenvalue weighted by atomic mass is 35.5. The van der Waals surface area contributed by atoms with Crippen molar-refractivity contribution in [2.75, 3.05) is 20.2 Å². The molecule has 0 heterocycles. The zero-order chi connectivity index (χ0) is 15.2. The number of carbonyl (C=O) groups excluding carboxylic acids is 1. The molecule has 1 saturated carbocycles. The third-order valence-corrected chi connectivity index (χ3v) is 3.61. The molecular weight excluding hydrogens is 307 g/mol. The average molecular weight is 331 g/mol. The van der Waals surface area contributed by atoms with E-state index < -0.39 is 0 Å². The van der Waals surface area contributed by atoms with Gasteiger partial charge in [-0.25, -0.2) is 4.39 Å². The van der Waals surface area contributed by atoms with Crippen LogP contribution in [-0.4, -0.2) is 26.1 Å². The Balaban J connectivity index is 0.00000242. The summed E-state index contributed by atoms with van der Waals surface area (Å²) in [5, 5.41) is 5.77. The van der Waals surface area contributed by atoms with Crippen LogP contribution in [0.3, 0.4) is 0 Å². The fourth-order valence-electron chi connectivity index (χ4n) is 2.03. The fourth-order valence-corrected chi connectivity index (χ4v) is 2.03. The molecule has 1 unspecified atom stereocenters. The van der Waals surface area contributed by atoms with Gasteiger partial charge in [0.25, 0.3) is 0 Å². The van der Waals surface area contributed by atoms with E-state index in [0.717, 1.165) is 5.56 Å². The Kier molecular flexibility index (Phi) is 7.62. The molecule has 0 saturated heterocycles. The van der Waals surface area contributed by atoms with Crippen LogP contribution in [0.25, 0.3) is 0 Å². The van der Waals surface area contributed by atoms with Gasteiger partial charge in [0.05, 0.1) is 12.6 Å². The molecule has 0 radical (unpaired) electrons. The molecule has 1 aromatic rings. The van der Waals surface area contributed by atoms with Gasteiger partial charge < -0.3 is 15.4 Å². The van der Waals surface area contributed by atoms with E-state index in [9.17, 15) is 9.18 Å². The van der Waals surface area contributed by atoms with E-state index in [1.807, 2.05) is 6.92 Å². The van der Waals surface area contributed by atoms with Crippen LogP contribution in [0.15, 0.2) is 18.2 Å². The van der Waals surface area contributed by atoms with Crippen LogP contribution >= 0.6 is 12.4 Å². The molecule has 6 heteroatoms. The number of amides is 1. The molecule has 1 aliphatic carbocycles. The number of hydrogen-bond donors (Lipinski definition) is 2. The third-order valence-electron chi connectivity index (χ3n) is 3.61. The number of benzene rings is 1. The zero-order valence-corrected chi connectivity index (χ0v) is 13.8. The van der Waals surface area contributed by atoms with Crippen molar-refractivity contribution in [3.63, 3.8) is 0 Å². The fraction of sp³-hybridized carbons (Fsp3) is 0.562. The molecule has 0 aromatic heterocycles. The van der Waals surface area contributed by atoms with Crippen LogP contribution < -0.4 is 15.4 Å². The predicted molar refractivity (Wildman–Crippen MR) is 87.0 cm³/mol. The van der Waals surface area contributed by atoms with E-state index in [1.54, 1.807) is 19.2 Å². The smallest absolute Gasteiger partial charge is 0.221 e. The molecule has 1 aliphatic rings. The summed E-state index contributed by atoms with van der Waals surface area (Å²) in [6.45, 7) is 3.06. The Morgan fingerprint density at radius 1 is 1.45 bits per heavy atom. The van der Waals surface area contributed by atoms with Crippen LogP contribution in [-0.2, 0) is 4.79 Å². The van der Waals surface area contributed by atoms with E-state index in [2.05, 4.69) is 10.6 Å². The molecule has 2 N–H and O–H groups in total. The molecule has 4 nitrogen and oxygen atoms in total. The second-order valence-electron chi connectivity index (χ2n) is 5.59. The van der Waals surface area contributed by atoms with Crippen molar-refractivity contribution < 1.29 is 13.9 Å². The highest BCUT2D eigenvalue weighted by molar-refractivity contribution is 5.85. The zero-order valence-electron chi connectivity index (χ0n) is 13.0. The van der Waals surface area contributed by atoms with Gasteiger partial charge in [0.1, 0.15) is 0 Å². The summed E-state index contributed by atoms with van der Waals surface area (Å²) in [5.74, 6) is 0.463. The van der Waals surface area contributed by atoms with Gasteiger partial charge in [0.15, 0.2) is 11.6 Å². The van der Waals surface area contributed by atoms with Gasteiger partial charge in [-0.1, -0.05) is 6.07 Å². The molecule has 0 spiro atoms. The van der Waals surface area contributed by atoms with E-state index >= 15 is 0 Å². The molecule has 0 aliphatic heterocycles. The summed E-state index contributed by atoms with van der Waals surface area (Å²) in [4.78, 5) is 11.7. The van der Waals surface area contributed by atoms with Crippen molar-refractivity contribution in [3.8, 4) is 5.75 Å². The first-order valence-corrected chi connectivity index (χ1v) is 7.46. The third kappa shape index (κ3) is 5.81. The van der Waals surface area contributed by atoms with Gasteiger partial charge in [0, 0.05) is 13.0 Å². The molecule has 0 bridgehead atoms. The van der Waals surface area contributed by atoms with Crippen LogP contribution in [0.2, 0.25) is 0 Å². The molecule has 1 aromatic carbocycles. The largest absolute Gasteiger partial charge is 0.490 e. The Bertz CT molecular complexity index is 495. The minimum atomic E-state index is -0.371. The first kappa shape index (κ1) is 18.7. The number of ether oxygens (including phenoxy) is 1. The SMILES string of the molecule is CNCCC(=O)NC(C)c1ccc(OCC2CC2)c(F)c1.Cl. The maximum absolute atomic E-state index is 14.0. The van der Waals surface area contributed by atoms with Crippen molar-refractivity contribution >= 4 is 18.3 Å². The van der Waals surface area contributed by atoms with Crippen molar-refractivity contribution in [3.05, 3.63) is 29.6 Å². The van der Waals surface area contributed by atoms with Gasteiger partial charge in [0.2, 0.25) is 5.91 Å².